The van der Waals surface area contributed by atoms with Crippen molar-refractivity contribution in [2.75, 3.05) is 6.61 Å². The maximum atomic E-state index is 9.37. The van der Waals surface area contributed by atoms with E-state index in [0.717, 1.165) is 12.8 Å². The summed E-state index contributed by atoms with van der Waals surface area (Å²) in [6.07, 6.45) is 2.70. The van der Waals surface area contributed by atoms with E-state index in [1.165, 1.54) is 0 Å². The normalized spacial score (nSPS) is 7.65. The molecular formula is C13H28O7. The molecule has 0 unspecified atom stereocenters. The van der Waals surface area contributed by atoms with E-state index in [1.54, 1.807) is 20.8 Å². The smallest absolute Gasteiger partial charge is 0.303 e. The summed E-state index contributed by atoms with van der Waals surface area (Å²) in [5.41, 5.74) is 0. The minimum absolute atomic E-state index is 0.222. The maximum Gasteiger partial charge on any atom is 0.303 e. The summed E-state index contributed by atoms with van der Waals surface area (Å²) >= 11 is 0. The molecule has 0 aliphatic carbocycles. The lowest BCUT2D eigenvalue weighted by atomic mass is 10.4. The quantitative estimate of drug-likeness (QED) is 0.611. The average molecular weight is 296 g/mol. The first kappa shape index (κ1) is 26.8. The maximum absolute atomic E-state index is 9.37. The monoisotopic (exact) mass is 296 g/mol. The first-order chi connectivity index (χ1) is 9.22. The van der Waals surface area contributed by atoms with Gasteiger partial charge in [0, 0.05) is 25.9 Å². The first-order valence-corrected chi connectivity index (χ1v) is 6.49. The Morgan fingerprint density at radius 2 is 0.900 bits per heavy atom. The van der Waals surface area contributed by atoms with Gasteiger partial charge in [0.15, 0.2) is 0 Å². The van der Waals surface area contributed by atoms with Gasteiger partial charge in [-0.25, -0.2) is 0 Å². The summed E-state index contributed by atoms with van der Waals surface area (Å²) in [6.45, 7) is 7.19. The number of hydrogen-bond donors (Lipinski definition) is 4. The molecule has 7 nitrogen and oxygen atoms in total. The molecule has 0 atom stereocenters. The van der Waals surface area contributed by atoms with Gasteiger partial charge in [-0.2, -0.15) is 0 Å². The molecule has 0 saturated carbocycles. The van der Waals surface area contributed by atoms with Crippen molar-refractivity contribution >= 4 is 17.9 Å². The van der Waals surface area contributed by atoms with Crippen LogP contribution in [0.1, 0.15) is 59.8 Å². The van der Waals surface area contributed by atoms with Crippen molar-refractivity contribution in [3.8, 4) is 0 Å². The molecule has 0 aromatic carbocycles. The van der Waals surface area contributed by atoms with Gasteiger partial charge in [0.2, 0.25) is 0 Å². The van der Waals surface area contributed by atoms with E-state index in [-0.39, 0.29) is 19.3 Å². The third-order valence-electron chi connectivity index (χ3n) is 1.42. The fourth-order valence-electron chi connectivity index (χ4n) is 0.158. The first-order valence-electron chi connectivity index (χ1n) is 6.49. The molecule has 0 aromatic heterocycles. The van der Waals surface area contributed by atoms with E-state index < -0.39 is 17.9 Å². The second-order valence-electron chi connectivity index (χ2n) is 3.32. The molecular weight excluding hydrogens is 268 g/mol. The van der Waals surface area contributed by atoms with Crippen LogP contribution in [0, 0.1) is 0 Å². The molecule has 122 valence electrons. The zero-order chi connectivity index (χ0) is 17.0. The Morgan fingerprint density at radius 1 is 0.700 bits per heavy atom. The Labute approximate surface area is 120 Å². The van der Waals surface area contributed by atoms with Crippen LogP contribution < -0.4 is 0 Å². The number of carboxylic acids is 3. The number of aliphatic carboxylic acids is 3. The topological polar surface area (TPSA) is 132 Å². The van der Waals surface area contributed by atoms with Crippen molar-refractivity contribution in [2.24, 2.45) is 0 Å². The molecule has 0 bridgehead atoms. The van der Waals surface area contributed by atoms with Gasteiger partial charge in [0.05, 0.1) is 0 Å². The number of carboxylic acid groups (broad SMARTS) is 3. The number of hydrogen-bond acceptors (Lipinski definition) is 4. The van der Waals surface area contributed by atoms with Gasteiger partial charge in [-0.15, -0.1) is 0 Å². The number of aliphatic hydroxyl groups is 1. The molecule has 4 N–H and O–H groups in total. The van der Waals surface area contributed by atoms with Gasteiger partial charge in [0.25, 0.3) is 0 Å². The summed E-state index contributed by atoms with van der Waals surface area (Å²) in [5, 5.41) is 31.2. The Balaban J connectivity index is -0.0000000853. The van der Waals surface area contributed by atoms with E-state index in [4.69, 9.17) is 20.4 Å². The van der Waals surface area contributed by atoms with Crippen LogP contribution in [0.5, 0.6) is 0 Å². The van der Waals surface area contributed by atoms with Crippen molar-refractivity contribution in [2.45, 2.75) is 59.8 Å². The van der Waals surface area contributed by atoms with Gasteiger partial charge in [-0.05, 0) is 6.42 Å². The average Bonchev–Trinajstić information content (AvgIpc) is 2.41. The highest BCUT2D eigenvalue weighted by Crippen LogP contribution is 1.78. The van der Waals surface area contributed by atoms with Gasteiger partial charge >= 0.3 is 17.9 Å². The molecule has 0 fully saturated rings. The Kier molecular flexibility index (Phi) is 34.9. The minimum atomic E-state index is -0.745. The van der Waals surface area contributed by atoms with Crippen molar-refractivity contribution < 1.29 is 34.8 Å². The van der Waals surface area contributed by atoms with Gasteiger partial charge in [-0.1, -0.05) is 34.1 Å². The van der Waals surface area contributed by atoms with Crippen LogP contribution in [0.3, 0.4) is 0 Å². The summed E-state index contributed by atoms with van der Waals surface area (Å²) in [5.74, 6) is -2.24. The van der Waals surface area contributed by atoms with Crippen LogP contribution in [0.25, 0.3) is 0 Å². The Morgan fingerprint density at radius 3 is 0.900 bits per heavy atom. The van der Waals surface area contributed by atoms with Crippen LogP contribution >= 0.6 is 0 Å². The van der Waals surface area contributed by atoms with Crippen LogP contribution in [-0.4, -0.2) is 44.9 Å². The zero-order valence-corrected chi connectivity index (χ0v) is 12.8. The summed E-state index contributed by atoms with van der Waals surface area (Å²) < 4.78 is 0. The van der Waals surface area contributed by atoms with Crippen molar-refractivity contribution in [1.82, 2.24) is 0 Å². The van der Waals surface area contributed by atoms with Crippen molar-refractivity contribution in [3.63, 3.8) is 0 Å². The highest BCUT2D eigenvalue weighted by Gasteiger charge is 1.81. The molecule has 0 aliphatic rings. The largest absolute Gasteiger partial charge is 0.481 e. The lowest BCUT2D eigenvalue weighted by Gasteiger charge is -1.79. The summed E-state index contributed by atoms with van der Waals surface area (Å²) in [4.78, 5) is 28.1. The predicted molar refractivity (Wildman–Crippen MR) is 75.8 cm³/mol. The SMILES string of the molecule is CCC(=O)O.CCC(=O)O.CCC(=O)O.CCCCO. The van der Waals surface area contributed by atoms with Crippen LogP contribution in [0.2, 0.25) is 0 Å². The van der Waals surface area contributed by atoms with Crippen LogP contribution in [0.15, 0.2) is 0 Å². The number of rotatable bonds is 5. The highest BCUT2D eigenvalue weighted by molar-refractivity contribution is 5.66. The molecule has 0 heterocycles. The molecule has 0 radical (unpaired) electrons. The van der Waals surface area contributed by atoms with Gasteiger partial charge < -0.3 is 20.4 Å². The molecule has 7 heteroatoms. The fraction of sp³-hybridized carbons (Fsp3) is 0.769. The molecule has 0 amide bonds. The Bertz CT molecular complexity index is 191. The molecule has 0 aliphatic heterocycles. The lowest BCUT2D eigenvalue weighted by Crippen LogP contribution is -1.86. The predicted octanol–water partition coefficient (Wildman–Crippen LogP) is 2.22. The third-order valence-corrected chi connectivity index (χ3v) is 1.42. The highest BCUT2D eigenvalue weighted by atomic mass is 16.4. The van der Waals surface area contributed by atoms with E-state index in [9.17, 15) is 14.4 Å². The standard InChI is InChI=1S/C4H10O.3C3H6O2/c1-2-3-4-5;3*1-2-3(4)5/h5H,2-4H2,1H3;3*2H2,1H3,(H,4,5). The van der Waals surface area contributed by atoms with Crippen LogP contribution in [0.4, 0.5) is 0 Å². The van der Waals surface area contributed by atoms with E-state index >= 15 is 0 Å². The second kappa shape index (κ2) is 26.0. The van der Waals surface area contributed by atoms with E-state index in [0.29, 0.717) is 6.61 Å². The molecule has 0 aromatic rings. The lowest BCUT2D eigenvalue weighted by molar-refractivity contribution is -0.137. The summed E-state index contributed by atoms with van der Waals surface area (Å²) in [6, 6.07) is 0. The van der Waals surface area contributed by atoms with Gasteiger partial charge in [0.1, 0.15) is 0 Å². The van der Waals surface area contributed by atoms with E-state index in [1.807, 2.05) is 0 Å². The zero-order valence-electron chi connectivity index (χ0n) is 12.8. The number of carbonyl (C=O) groups is 3. The van der Waals surface area contributed by atoms with Crippen molar-refractivity contribution in [1.29, 1.82) is 0 Å². The number of aliphatic hydroxyl groups excluding tert-OH is 1. The molecule has 0 spiro atoms. The summed E-state index contributed by atoms with van der Waals surface area (Å²) in [7, 11) is 0. The second-order valence-corrected chi connectivity index (χ2v) is 3.32. The molecule has 0 rings (SSSR count). The minimum Gasteiger partial charge on any atom is -0.481 e. The van der Waals surface area contributed by atoms with Crippen molar-refractivity contribution in [3.05, 3.63) is 0 Å². The Hall–Kier alpha value is -1.63. The molecule has 0 saturated heterocycles. The fourth-order valence-corrected chi connectivity index (χ4v) is 0.158. The van der Waals surface area contributed by atoms with E-state index in [2.05, 4.69) is 6.92 Å². The van der Waals surface area contributed by atoms with Gasteiger partial charge in [-0.3, -0.25) is 14.4 Å². The third kappa shape index (κ3) is 95.3. The molecule has 20 heavy (non-hydrogen) atoms. The van der Waals surface area contributed by atoms with Crippen LogP contribution in [-0.2, 0) is 14.4 Å². The number of unbranched alkanes of at least 4 members (excludes halogenated alkanes) is 1.